The number of hydrogen-bond acceptors (Lipinski definition) is 7. The lowest BCUT2D eigenvalue weighted by Crippen LogP contribution is -2.56. The third kappa shape index (κ3) is 4.93. The third-order valence-corrected chi connectivity index (χ3v) is 11.3. The van der Waals surface area contributed by atoms with E-state index in [0.29, 0.717) is 29.8 Å². The molecule has 13 heteroatoms. The van der Waals surface area contributed by atoms with E-state index >= 15 is 0 Å². The molecule has 210 valence electrons. The SMILES string of the molecule is CC1(C)C(=O)NCCOCCn2nc(C(=O)NCc3ccc(Cl)cc3)c3c2C(=O)N(CC3)CC2(CC2)S1(=O)=O. The fourth-order valence-corrected chi connectivity index (χ4v) is 7.69. The van der Waals surface area contributed by atoms with E-state index in [1.165, 1.54) is 23.4 Å². The van der Waals surface area contributed by atoms with Crippen LogP contribution in [0.25, 0.3) is 0 Å². The molecule has 0 unspecified atom stereocenters. The van der Waals surface area contributed by atoms with Gasteiger partial charge in [-0.3, -0.25) is 19.1 Å². The van der Waals surface area contributed by atoms with Gasteiger partial charge in [-0.1, -0.05) is 23.7 Å². The van der Waals surface area contributed by atoms with E-state index in [2.05, 4.69) is 15.7 Å². The Balaban J connectivity index is 1.44. The second kappa shape index (κ2) is 10.2. The number of hydrogen-bond donors (Lipinski definition) is 2. The summed E-state index contributed by atoms with van der Waals surface area (Å²) in [6, 6.07) is 7.11. The number of carbonyl (C=O) groups excluding carboxylic acids is 3. The van der Waals surface area contributed by atoms with Crippen molar-refractivity contribution in [2.45, 2.75) is 55.7 Å². The Labute approximate surface area is 232 Å². The first-order valence-electron chi connectivity index (χ1n) is 13.0. The van der Waals surface area contributed by atoms with Gasteiger partial charge in [-0.25, -0.2) is 8.42 Å². The number of ether oxygens (including phenoxy) is 1. The van der Waals surface area contributed by atoms with E-state index in [0.717, 1.165) is 5.56 Å². The van der Waals surface area contributed by atoms with E-state index in [1.54, 1.807) is 12.1 Å². The van der Waals surface area contributed by atoms with Gasteiger partial charge in [0.25, 0.3) is 11.8 Å². The Bertz CT molecular complexity index is 1410. The van der Waals surface area contributed by atoms with Gasteiger partial charge in [0, 0.05) is 36.8 Å². The molecule has 1 aliphatic carbocycles. The molecule has 0 saturated heterocycles. The number of halogens is 1. The number of rotatable bonds is 3. The number of sulfone groups is 1. The number of benzene rings is 1. The molecule has 1 spiro atoms. The van der Waals surface area contributed by atoms with Crippen LogP contribution >= 0.6 is 11.6 Å². The molecule has 5 rings (SSSR count). The van der Waals surface area contributed by atoms with Crippen LogP contribution in [-0.2, 0) is 38.9 Å². The van der Waals surface area contributed by atoms with Gasteiger partial charge in [-0.15, -0.1) is 0 Å². The van der Waals surface area contributed by atoms with Crippen LogP contribution in [-0.4, -0.2) is 83.2 Å². The van der Waals surface area contributed by atoms with Crippen molar-refractivity contribution in [3.63, 3.8) is 0 Å². The van der Waals surface area contributed by atoms with Crippen LogP contribution < -0.4 is 10.6 Å². The van der Waals surface area contributed by atoms with Crippen molar-refractivity contribution in [3.8, 4) is 0 Å². The maximum absolute atomic E-state index is 13.8. The second-order valence-electron chi connectivity index (χ2n) is 10.7. The standard InChI is InChI=1S/C26H32ClN5O6S/c1-25(2)24(35)28-10-13-38-14-12-32-21-19(7-11-31(23(21)34)16-26(8-9-26)39(25,36)37)20(30-32)22(33)29-15-17-3-5-18(27)6-4-17/h3-6H,7-16H2,1-2H3,(H,28,35)(H,29,33). The average Bonchev–Trinajstić information content (AvgIpc) is 3.60. The summed E-state index contributed by atoms with van der Waals surface area (Å²) in [6.07, 6.45) is 1.11. The fraction of sp³-hybridized carbons (Fsp3) is 0.538. The van der Waals surface area contributed by atoms with E-state index in [-0.39, 0.29) is 63.2 Å². The first-order valence-corrected chi connectivity index (χ1v) is 14.8. The minimum absolute atomic E-state index is 0.00983. The Kier molecular flexibility index (Phi) is 7.23. The summed E-state index contributed by atoms with van der Waals surface area (Å²) in [4.78, 5) is 41.3. The Hall–Kier alpha value is -2.96. The van der Waals surface area contributed by atoms with Gasteiger partial charge in [-0.05, 0) is 50.8 Å². The third-order valence-electron chi connectivity index (χ3n) is 7.81. The molecule has 11 nitrogen and oxygen atoms in total. The van der Waals surface area contributed by atoms with Crippen LogP contribution in [0.5, 0.6) is 0 Å². The summed E-state index contributed by atoms with van der Waals surface area (Å²) >= 11 is 5.94. The molecule has 1 aromatic heterocycles. The van der Waals surface area contributed by atoms with Crippen molar-refractivity contribution in [1.29, 1.82) is 0 Å². The van der Waals surface area contributed by atoms with Crippen LogP contribution in [0.4, 0.5) is 0 Å². The van der Waals surface area contributed by atoms with Crippen LogP contribution in [0, 0.1) is 0 Å². The maximum Gasteiger partial charge on any atom is 0.272 e. The number of nitrogens with one attached hydrogen (secondary N) is 2. The molecular formula is C26H32ClN5O6S. The Morgan fingerprint density at radius 2 is 1.87 bits per heavy atom. The summed E-state index contributed by atoms with van der Waals surface area (Å²) in [5.74, 6) is -1.36. The number of nitrogens with zero attached hydrogens (tertiary/aromatic N) is 3. The topological polar surface area (TPSA) is 140 Å². The highest BCUT2D eigenvalue weighted by atomic mass is 35.5. The van der Waals surface area contributed by atoms with Crippen molar-refractivity contribution < 1.29 is 27.5 Å². The van der Waals surface area contributed by atoms with Gasteiger partial charge in [0.15, 0.2) is 15.5 Å². The minimum Gasteiger partial charge on any atom is -0.378 e. The van der Waals surface area contributed by atoms with E-state index < -0.39 is 31.1 Å². The van der Waals surface area contributed by atoms with Gasteiger partial charge in [0.2, 0.25) is 5.91 Å². The first-order chi connectivity index (χ1) is 18.5. The lowest BCUT2D eigenvalue weighted by atomic mass is 10.0. The molecule has 3 heterocycles. The van der Waals surface area contributed by atoms with E-state index in [4.69, 9.17) is 16.3 Å². The predicted octanol–water partition coefficient (Wildman–Crippen LogP) is 1.34. The van der Waals surface area contributed by atoms with Gasteiger partial charge in [0.05, 0.1) is 24.5 Å². The molecular weight excluding hydrogens is 546 g/mol. The lowest BCUT2D eigenvalue weighted by molar-refractivity contribution is -0.123. The first kappa shape index (κ1) is 27.6. The normalized spacial score (nSPS) is 22.0. The lowest BCUT2D eigenvalue weighted by Gasteiger charge is -2.34. The highest BCUT2D eigenvalue weighted by Crippen LogP contribution is 2.49. The molecule has 2 aliphatic heterocycles. The Morgan fingerprint density at radius 1 is 1.15 bits per heavy atom. The molecule has 3 aliphatic rings. The average molecular weight is 578 g/mol. The maximum atomic E-state index is 13.8. The zero-order valence-electron chi connectivity index (χ0n) is 22.0. The van der Waals surface area contributed by atoms with Crippen LogP contribution in [0.2, 0.25) is 5.02 Å². The van der Waals surface area contributed by atoms with Crippen molar-refractivity contribution in [1.82, 2.24) is 25.3 Å². The highest BCUT2D eigenvalue weighted by molar-refractivity contribution is 7.95. The molecule has 3 amide bonds. The predicted molar refractivity (Wildman–Crippen MR) is 143 cm³/mol. The molecule has 2 aromatic rings. The van der Waals surface area contributed by atoms with Gasteiger partial charge in [0.1, 0.15) is 10.4 Å². The minimum atomic E-state index is -3.94. The van der Waals surface area contributed by atoms with Crippen LogP contribution in [0.1, 0.15) is 58.8 Å². The van der Waals surface area contributed by atoms with Crippen molar-refractivity contribution in [3.05, 3.63) is 51.8 Å². The molecule has 1 saturated carbocycles. The van der Waals surface area contributed by atoms with Gasteiger partial charge in [-0.2, -0.15) is 5.10 Å². The second-order valence-corrected chi connectivity index (χ2v) is 14.1. The summed E-state index contributed by atoms with van der Waals surface area (Å²) in [6.45, 7) is 4.04. The quantitative estimate of drug-likeness (QED) is 0.561. The van der Waals surface area contributed by atoms with Crippen LogP contribution in [0.3, 0.4) is 0 Å². The summed E-state index contributed by atoms with van der Waals surface area (Å²) in [5, 5.41) is 10.6. The highest BCUT2D eigenvalue weighted by Gasteiger charge is 2.63. The zero-order valence-corrected chi connectivity index (χ0v) is 23.5. The summed E-state index contributed by atoms with van der Waals surface area (Å²) < 4.78 is 31.7. The molecule has 2 bridgehead atoms. The van der Waals surface area contributed by atoms with Gasteiger partial charge >= 0.3 is 0 Å². The Morgan fingerprint density at radius 3 is 2.56 bits per heavy atom. The van der Waals surface area contributed by atoms with Gasteiger partial charge < -0.3 is 20.3 Å². The fourth-order valence-electron chi connectivity index (χ4n) is 5.20. The van der Waals surface area contributed by atoms with Crippen molar-refractivity contribution in [2.75, 3.05) is 32.8 Å². The summed E-state index contributed by atoms with van der Waals surface area (Å²) in [5.41, 5.74) is 1.86. The number of fused-ring (bicyclic) bond motifs is 1. The van der Waals surface area contributed by atoms with Crippen molar-refractivity contribution in [2.24, 2.45) is 0 Å². The molecule has 1 aromatic carbocycles. The molecule has 1 fully saturated rings. The summed E-state index contributed by atoms with van der Waals surface area (Å²) in [7, 11) is -3.94. The molecule has 0 radical (unpaired) electrons. The van der Waals surface area contributed by atoms with Crippen LogP contribution in [0.15, 0.2) is 24.3 Å². The van der Waals surface area contributed by atoms with E-state index in [9.17, 15) is 22.8 Å². The largest absolute Gasteiger partial charge is 0.378 e. The molecule has 39 heavy (non-hydrogen) atoms. The number of amides is 3. The monoisotopic (exact) mass is 577 g/mol. The number of aromatic nitrogens is 2. The zero-order chi connectivity index (χ0) is 28.0. The number of carbonyl (C=O) groups is 3. The van der Waals surface area contributed by atoms with E-state index in [1.807, 2.05) is 12.1 Å². The van der Waals surface area contributed by atoms with Crippen molar-refractivity contribution >= 4 is 39.2 Å². The molecule has 2 N–H and O–H groups in total. The molecule has 0 atom stereocenters. The smallest absolute Gasteiger partial charge is 0.272 e.